The minimum absolute atomic E-state index is 0.0453. The zero-order chi connectivity index (χ0) is 17.5. The molecule has 6 heteroatoms. The van der Waals surface area contributed by atoms with Crippen LogP contribution in [0.1, 0.15) is 38.1 Å². The van der Waals surface area contributed by atoms with Crippen LogP contribution in [0.5, 0.6) is 17.2 Å². The van der Waals surface area contributed by atoms with Crippen molar-refractivity contribution in [2.75, 3.05) is 39.6 Å². The van der Waals surface area contributed by atoms with Crippen molar-refractivity contribution in [1.82, 2.24) is 4.90 Å². The lowest BCUT2D eigenvalue weighted by molar-refractivity contribution is 0.00355. The smallest absolute Gasteiger partial charge is 0.254 e. The van der Waals surface area contributed by atoms with Gasteiger partial charge in [-0.25, -0.2) is 0 Å². The van der Waals surface area contributed by atoms with Crippen LogP contribution >= 0.6 is 0 Å². The lowest BCUT2D eigenvalue weighted by Crippen LogP contribution is -2.47. The summed E-state index contributed by atoms with van der Waals surface area (Å²) < 4.78 is 22.5. The minimum Gasteiger partial charge on any atom is -0.490 e. The van der Waals surface area contributed by atoms with Crippen molar-refractivity contribution in [3.05, 3.63) is 17.7 Å². The van der Waals surface area contributed by atoms with Gasteiger partial charge in [-0.2, -0.15) is 0 Å². The van der Waals surface area contributed by atoms with E-state index >= 15 is 0 Å². The topological polar surface area (TPSA) is 57.2 Å². The van der Waals surface area contributed by atoms with Gasteiger partial charge in [0.25, 0.3) is 5.91 Å². The number of hydrogen-bond acceptors (Lipinski definition) is 5. The number of hydrogen-bond donors (Lipinski definition) is 0. The Balaban J connectivity index is 2.39. The lowest BCUT2D eigenvalue weighted by Gasteiger charge is -2.33. The summed E-state index contributed by atoms with van der Waals surface area (Å²) in [7, 11) is 0. The number of amides is 1. The van der Waals surface area contributed by atoms with Crippen LogP contribution in [-0.4, -0.2) is 56.4 Å². The highest BCUT2D eigenvalue weighted by atomic mass is 16.5. The van der Waals surface area contributed by atoms with Crippen LogP contribution in [0.3, 0.4) is 0 Å². The molecule has 1 heterocycles. The van der Waals surface area contributed by atoms with Gasteiger partial charge in [0.1, 0.15) is 0 Å². The van der Waals surface area contributed by atoms with Crippen LogP contribution in [0.2, 0.25) is 0 Å². The number of benzene rings is 1. The van der Waals surface area contributed by atoms with Gasteiger partial charge in [-0.05, 0) is 39.8 Å². The van der Waals surface area contributed by atoms with Crippen molar-refractivity contribution in [2.24, 2.45) is 0 Å². The molecule has 1 aliphatic rings. The predicted octanol–water partition coefficient (Wildman–Crippen LogP) is 2.74. The molecule has 134 valence electrons. The Morgan fingerprint density at radius 3 is 2.21 bits per heavy atom. The molecule has 0 radical (unpaired) electrons. The third-order valence-electron chi connectivity index (χ3n) is 3.78. The zero-order valence-corrected chi connectivity index (χ0v) is 15.0. The van der Waals surface area contributed by atoms with Gasteiger partial charge in [-0.3, -0.25) is 4.79 Å². The van der Waals surface area contributed by atoms with E-state index in [0.29, 0.717) is 62.4 Å². The molecular formula is C18H27NO5. The molecule has 1 aromatic rings. The Hall–Kier alpha value is -1.95. The predicted molar refractivity (Wildman–Crippen MR) is 91.3 cm³/mol. The molecule has 1 aromatic carbocycles. The maximum Gasteiger partial charge on any atom is 0.254 e. The van der Waals surface area contributed by atoms with Gasteiger partial charge in [0.15, 0.2) is 11.5 Å². The van der Waals surface area contributed by atoms with E-state index in [4.69, 9.17) is 18.9 Å². The van der Waals surface area contributed by atoms with Gasteiger partial charge < -0.3 is 23.8 Å². The lowest BCUT2D eigenvalue weighted by atomic mass is 10.1. The molecule has 1 atom stereocenters. The zero-order valence-electron chi connectivity index (χ0n) is 15.0. The van der Waals surface area contributed by atoms with E-state index in [1.165, 1.54) is 0 Å². The molecule has 6 nitrogen and oxygen atoms in total. The molecule has 0 bridgehead atoms. The third-order valence-corrected chi connectivity index (χ3v) is 3.78. The second-order valence-electron chi connectivity index (χ2n) is 5.52. The van der Waals surface area contributed by atoms with Crippen LogP contribution < -0.4 is 14.2 Å². The molecule has 0 spiro atoms. The van der Waals surface area contributed by atoms with Gasteiger partial charge in [0, 0.05) is 12.1 Å². The second kappa shape index (κ2) is 8.78. The third kappa shape index (κ3) is 4.12. The van der Waals surface area contributed by atoms with Crippen molar-refractivity contribution < 1.29 is 23.7 Å². The van der Waals surface area contributed by atoms with Gasteiger partial charge in [-0.15, -0.1) is 0 Å². The van der Waals surface area contributed by atoms with E-state index in [-0.39, 0.29) is 11.9 Å². The number of rotatable bonds is 7. The molecule has 1 saturated heterocycles. The molecule has 0 unspecified atom stereocenters. The maximum atomic E-state index is 12.9. The number of nitrogens with zero attached hydrogens (tertiary/aromatic N) is 1. The number of carbonyl (C=O) groups excluding carboxylic acids is 1. The summed E-state index contributed by atoms with van der Waals surface area (Å²) in [6, 6.07) is 3.52. The van der Waals surface area contributed by atoms with Gasteiger partial charge in [0.2, 0.25) is 5.75 Å². The van der Waals surface area contributed by atoms with Crippen LogP contribution in [-0.2, 0) is 4.74 Å². The number of carbonyl (C=O) groups is 1. The summed E-state index contributed by atoms with van der Waals surface area (Å²) in [5, 5.41) is 0. The first-order chi connectivity index (χ1) is 11.6. The molecule has 0 aliphatic carbocycles. The number of morpholine rings is 1. The molecule has 1 amide bonds. The van der Waals surface area contributed by atoms with Crippen LogP contribution in [0.15, 0.2) is 12.1 Å². The molecular weight excluding hydrogens is 310 g/mol. The summed E-state index contributed by atoms with van der Waals surface area (Å²) in [4.78, 5) is 14.7. The summed E-state index contributed by atoms with van der Waals surface area (Å²) in [6.07, 6.45) is 0. The van der Waals surface area contributed by atoms with Crippen LogP contribution in [0.25, 0.3) is 0 Å². The Morgan fingerprint density at radius 1 is 1.12 bits per heavy atom. The fraction of sp³-hybridized carbons (Fsp3) is 0.611. The molecule has 1 fully saturated rings. The van der Waals surface area contributed by atoms with Crippen molar-refractivity contribution >= 4 is 5.91 Å². The Morgan fingerprint density at radius 2 is 1.71 bits per heavy atom. The fourth-order valence-electron chi connectivity index (χ4n) is 2.71. The van der Waals surface area contributed by atoms with Crippen LogP contribution in [0.4, 0.5) is 0 Å². The fourth-order valence-corrected chi connectivity index (χ4v) is 2.71. The van der Waals surface area contributed by atoms with Crippen LogP contribution in [0, 0.1) is 0 Å². The highest BCUT2D eigenvalue weighted by Crippen LogP contribution is 2.39. The van der Waals surface area contributed by atoms with Crippen molar-refractivity contribution in [3.8, 4) is 17.2 Å². The second-order valence-corrected chi connectivity index (χ2v) is 5.52. The first kappa shape index (κ1) is 18.4. The quantitative estimate of drug-likeness (QED) is 0.766. The van der Waals surface area contributed by atoms with Gasteiger partial charge in [0.05, 0.1) is 39.1 Å². The highest BCUT2D eigenvalue weighted by molar-refractivity contribution is 5.96. The first-order valence-corrected chi connectivity index (χ1v) is 8.57. The largest absolute Gasteiger partial charge is 0.490 e. The standard InChI is InChI=1S/C18H27NO5/c1-5-22-15-10-14(11-16(23-6-2)17(15)24-7-3)18(20)19-8-9-21-12-13(19)4/h10-11,13H,5-9,12H2,1-4H3/t13-/m1/s1. The summed E-state index contributed by atoms with van der Waals surface area (Å²) in [5.41, 5.74) is 0.541. The summed E-state index contributed by atoms with van der Waals surface area (Å²) in [5.74, 6) is 1.58. The van der Waals surface area contributed by atoms with Crippen molar-refractivity contribution in [2.45, 2.75) is 33.7 Å². The summed E-state index contributed by atoms with van der Waals surface area (Å²) >= 11 is 0. The molecule has 0 aromatic heterocycles. The number of ether oxygens (including phenoxy) is 4. The molecule has 24 heavy (non-hydrogen) atoms. The molecule has 1 aliphatic heterocycles. The average molecular weight is 337 g/mol. The van der Waals surface area contributed by atoms with E-state index in [9.17, 15) is 4.79 Å². The Kier molecular flexibility index (Phi) is 6.73. The SMILES string of the molecule is CCOc1cc(C(=O)N2CCOC[C@H]2C)cc(OCC)c1OCC. The van der Waals surface area contributed by atoms with E-state index in [2.05, 4.69) is 0 Å². The van der Waals surface area contributed by atoms with Crippen molar-refractivity contribution in [3.63, 3.8) is 0 Å². The van der Waals surface area contributed by atoms with E-state index in [1.54, 1.807) is 12.1 Å². The monoisotopic (exact) mass is 337 g/mol. The van der Waals surface area contributed by atoms with Crippen molar-refractivity contribution in [1.29, 1.82) is 0 Å². The maximum absolute atomic E-state index is 12.9. The van der Waals surface area contributed by atoms with E-state index in [0.717, 1.165) is 0 Å². The molecule has 0 saturated carbocycles. The normalized spacial score (nSPS) is 17.5. The summed E-state index contributed by atoms with van der Waals surface area (Å²) in [6.45, 7) is 10.8. The van der Waals surface area contributed by atoms with E-state index < -0.39 is 0 Å². The average Bonchev–Trinajstić information content (AvgIpc) is 2.58. The van der Waals surface area contributed by atoms with Gasteiger partial charge in [-0.1, -0.05) is 0 Å². The first-order valence-electron chi connectivity index (χ1n) is 8.57. The molecule has 0 N–H and O–H groups in total. The minimum atomic E-state index is -0.0456. The highest BCUT2D eigenvalue weighted by Gasteiger charge is 2.27. The Bertz CT molecular complexity index is 533. The molecule has 2 rings (SSSR count). The Labute approximate surface area is 143 Å². The van der Waals surface area contributed by atoms with Gasteiger partial charge >= 0.3 is 0 Å². The van der Waals surface area contributed by atoms with E-state index in [1.807, 2.05) is 32.6 Å².